The van der Waals surface area contributed by atoms with Gasteiger partial charge < -0.3 is 9.47 Å². The largest absolute Gasteiger partial charge is 0.463 e. The van der Waals surface area contributed by atoms with Crippen molar-refractivity contribution in [1.82, 2.24) is 0 Å². The van der Waals surface area contributed by atoms with Crippen LogP contribution >= 0.6 is 0 Å². The number of ether oxygens (including phenoxy) is 2. The van der Waals surface area contributed by atoms with Crippen molar-refractivity contribution in [3.63, 3.8) is 0 Å². The van der Waals surface area contributed by atoms with E-state index in [0.29, 0.717) is 13.0 Å². The topological polar surface area (TPSA) is 52.6 Å². The fourth-order valence-electron chi connectivity index (χ4n) is 2.35. The summed E-state index contributed by atoms with van der Waals surface area (Å²) in [5.74, 6) is -0.779. The smallest absolute Gasteiger partial charge is 0.344 e. The molecule has 4 heteroatoms. The number of carbonyl (C=O) groups excluding carboxylic acids is 2. The lowest BCUT2D eigenvalue weighted by Gasteiger charge is -2.05. The van der Waals surface area contributed by atoms with Gasteiger partial charge in [0.25, 0.3) is 0 Å². The third kappa shape index (κ3) is 15.3. The van der Waals surface area contributed by atoms with Crippen LogP contribution in [-0.2, 0) is 19.1 Å². The Morgan fingerprint density at radius 2 is 1.14 bits per heavy atom. The molecule has 130 valence electrons. The molecular weight excluding hydrogens is 280 g/mol. The second-order valence-corrected chi connectivity index (χ2v) is 5.75. The van der Waals surface area contributed by atoms with Gasteiger partial charge in [-0.2, -0.15) is 0 Å². The van der Waals surface area contributed by atoms with E-state index in [-0.39, 0.29) is 12.6 Å². The van der Waals surface area contributed by atoms with Crippen LogP contribution in [0.15, 0.2) is 0 Å². The standard InChI is InChI=1S/C18H34O4/c1-3-5-6-7-8-9-10-11-12-13-14-15-17(19)22-16-18(20)21-4-2/h3-16H2,1-2H3. The summed E-state index contributed by atoms with van der Waals surface area (Å²) in [5.41, 5.74) is 0. The summed E-state index contributed by atoms with van der Waals surface area (Å²) in [6.45, 7) is 4.03. The third-order valence-electron chi connectivity index (χ3n) is 3.64. The molecule has 0 aliphatic heterocycles. The minimum atomic E-state index is -0.477. The molecule has 0 spiro atoms. The van der Waals surface area contributed by atoms with Crippen molar-refractivity contribution in [1.29, 1.82) is 0 Å². The molecule has 22 heavy (non-hydrogen) atoms. The van der Waals surface area contributed by atoms with Gasteiger partial charge in [-0.3, -0.25) is 4.79 Å². The molecule has 0 heterocycles. The Morgan fingerprint density at radius 3 is 1.64 bits per heavy atom. The fraction of sp³-hybridized carbons (Fsp3) is 0.889. The first-order valence-electron chi connectivity index (χ1n) is 9.02. The Balaban J connectivity index is 3.22. The first-order valence-corrected chi connectivity index (χ1v) is 9.02. The molecule has 0 bridgehead atoms. The van der Waals surface area contributed by atoms with Gasteiger partial charge in [0, 0.05) is 6.42 Å². The average Bonchev–Trinajstić information content (AvgIpc) is 2.51. The highest BCUT2D eigenvalue weighted by Gasteiger charge is 2.07. The van der Waals surface area contributed by atoms with Gasteiger partial charge in [0.15, 0.2) is 6.61 Å². The molecule has 0 radical (unpaired) electrons. The molecule has 0 atom stereocenters. The molecule has 0 aromatic heterocycles. The van der Waals surface area contributed by atoms with Crippen LogP contribution in [0.4, 0.5) is 0 Å². The SMILES string of the molecule is CCCCCCCCCCCCCC(=O)OCC(=O)OCC. The molecule has 0 aliphatic carbocycles. The van der Waals surface area contributed by atoms with E-state index < -0.39 is 5.97 Å². The van der Waals surface area contributed by atoms with Crippen LogP contribution < -0.4 is 0 Å². The Morgan fingerprint density at radius 1 is 0.636 bits per heavy atom. The van der Waals surface area contributed by atoms with Gasteiger partial charge in [-0.1, -0.05) is 71.1 Å². The summed E-state index contributed by atoms with van der Waals surface area (Å²) >= 11 is 0. The highest BCUT2D eigenvalue weighted by molar-refractivity contribution is 5.76. The normalized spacial score (nSPS) is 10.5. The molecule has 0 rings (SSSR count). The Bertz CT molecular complexity index is 276. The van der Waals surface area contributed by atoms with Crippen LogP contribution in [-0.4, -0.2) is 25.2 Å². The van der Waals surface area contributed by atoms with Crippen molar-refractivity contribution >= 4 is 11.9 Å². The maximum Gasteiger partial charge on any atom is 0.344 e. The monoisotopic (exact) mass is 314 g/mol. The molecule has 0 aliphatic rings. The zero-order chi connectivity index (χ0) is 16.5. The summed E-state index contributed by atoms with van der Waals surface area (Å²) in [4.78, 5) is 22.4. The van der Waals surface area contributed by atoms with Crippen molar-refractivity contribution in [2.45, 2.75) is 90.9 Å². The van der Waals surface area contributed by atoms with Crippen LogP contribution in [0, 0.1) is 0 Å². The van der Waals surface area contributed by atoms with Crippen molar-refractivity contribution in [3.05, 3.63) is 0 Å². The van der Waals surface area contributed by atoms with Crippen LogP contribution in [0.3, 0.4) is 0 Å². The number of rotatable bonds is 15. The van der Waals surface area contributed by atoms with Crippen molar-refractivity contribution in [3.8, 4) is 0 Å². The summed E-state index contributed by atoms with van der Waals surface area (Å²) in [6, 6.07) is 0. The van der Waals surface area contributed by atoms with Gasteiger partial charge in [0.05, 0.1) is 6.61 Å². The van der Waals surface area contributed by atoms with Crippen molar-refractivity contribution in [2.24, 2.45) is 0 Å². The molecule has 0 N–H and O–H groups in total. The van der Waals surface area contributed by atoms with Crippen molar-refractivity contribution < 1.29 is 19.1 Å². The molecule has 0 saturated heterocycles. The second kappa shape index (κ2) is 16.3. The molecule has 4 nitrogen and oxygen atoms in total. The van der Waals surface area contributed by atoms with Crippen LogP contribution in [0.2, 0.25) is 0 Å². The number of carbonyl (C=O) groups is 2. The van der Waals surface area contributed by atoms with E-state index in [1.165, 1.54) is 57.8 Å². The second-order valence-electron chi connectivity index (χ2n) is 5.75. The number of unbranched alkanes of at least 4 members (excludes halogenated alkanes) is 10. The average molecular weight is 314 g/mol. The van der Waals surface area contributed by atoms with E-state index in [0.717, 1.165) is 12.8 Å². The summed E-state index contributed by atoms with van der Waals surface area (Å²) in [5, 5.41) is 0. The van der Waals surface area contributed by atoms with Gasteiger partial charge in [-0.05, 0) is 13.3 Å². The zero-order valence-corrected chi connectivity index (χ0v) is 14.5. The van der Waals surface area contributed by atoms with Gasteiger partial charge in [-0.15, -0.1) is 0 Å². The van der Waals surface area contributed by atoms with E-state index >= 15 is 0 Å². The van der Waals surface area contributed by atoms with Crippen LogP contribution in [0.25, 0.3) is 0 Å². The Kier molecular flexibility index (Phi) is 15.5. The van der Waals surface area contributed by atoms with E-state index in [2.05, 4.69) is 11.7 Å². The van der Waals surface area contributed by atoms with Gasteiger partial charge in [0.1, 0.15) is 0 Å². The number of esters is 2. The van der Waals surface area contributed by atoms with Gasteiger partial charge >= 0.3 is 11.9 Å². The molecule has 0 saturated carbocycles. The first kappa shape index (κ1) is 20.9. The Hall–Kier alpha value is -1.06. The summed E-state index contributed by atoms with van der Waals surface area (Å²) in [7, 11) is 0. The minimum absolute atomic E-state index is 0.259. The van der Waals surface area contributed by atoms with Gasteiger partial charge in [0.2, 0.25) is 0 Å². The molecule has 0 aromatic rings. The minimum Gasteiger partial charge on any atom is -0.463 e. The summed E-state index contributed by atoms with van der Waals surface area (Å²) < 4.78 is 9.52. The van der Waals surface area contributed by atoms with E-state index in [1.807, 2.05) is 0 Å². The van der Waals surface area contributed by atoms with Crippen LogP contribution in [0.5, 0.6) is 0 Å². The molecular formula is C18H34O4. The molecule has 0 amide bonds. The van der Waals surface area contributed by atoms with E-state index in [4.69, 9.17) is 4.74 Å². The molecule has 0 unspecified atom stereocenters. The highest BCUT2D eigenvalue weighted by atomic mass is 16.6. The van der Waals surface area contributed by atoms with Gasteiger partial charge in [-0.25, -0.2) is 4.79 Å². The predicted molar refractivity (Wildman–Crippen MR) is 88.7 cm³/mol. The zero-order valence-electron chi connectivity index (χ0n) is 14.5. The lowest BCUT2D eigenvalue weighted by molar-refractivity contribution is -0.158. The first-order chi connectivity index (χ1) is 10.7. The summed E-state index contributed by atoms with van der Waals surface area (Å²) in [6.07, 6.45) is 14.2. The van der Waals surface area contributed by atoms with Crippen molar-refractivity contribution in [2.75, 3.05) is 13.2 Å². The lowest BCUT2D eigenvalue weighted by Crippen LogP contribution is -2.16. The third-order valence-corrected chi connectivity index (χ3v) is 3.64. The Labute approximate surface area is 135 Å². The van der Waals surface area contributed by atoms with Crippen LogP contribution in [0.1, 0.15) is 90.9 Å². The number of hydrogen-bond donors (Lipinski definition) is 0. The number of hydrogen-bond acceptors (Lipinski definition) is 4. The fourth-order valence-corrected chi connectivity index (χ4v) is 2.35. The predicted octanol–water partition coefficient (Wildman–Crippen LogP) is 4.79. The quantitative estimate of drug-likeness (QED) is 0.322. The molecule has 0 aromatic carbocycles. The van der Waals surface area contributed by atoms with E-state index in [1.54, 1.807) is 6.92 Å². The molecule has 0 fully saturated rings. The van der Waals surface area contributed by atoms with E-state index in [9.17, 15) is 9.59 Å². The highest BCUT2D eigenvalue weighted by Crippen LogP contribution is 2.12. The maximum absolute atomic E-state index is 11.4. The maximum atomic E-state index is 11.4. The lowest BCUT2D eigenvalue weighted by atomic mass is 10.1.